The molecule has 1 aliphatic carbocycles. The fourth-order valence-electron chi connectivity index (χ4n) is 2.60. The van der Waals surface area contributed by atoms with Gasteiger partial charge in [0.05, 0.1) is 0 Å². The van der Waals surface area contributed by atoms with E-state index in [0.717, 1.165) is 12.1 Å². The van der Waals surface area contributed by atoms with Crippen molar-refractivity contribution in [3.05, 3.63) is 11.6 Å². The molecule has 0 heterocycles. The maximum atomic E-state index is 10.6. The molecule has 0 amide bonds. The Morgan fingerprint density at radius 1 is 1.41 bits per heavy atom. The number of aliphatic carboxylic acids is 1. The van der Waals surface area contributed by atoms with Gasteiger partial charge in [0, 0.05) is 18.7 Å². The van der Waals surface area contributed by atoms with E-state index in [9.17, 15) is 4.79 Å². The summed E-state index contributed by atoms with van der Waals surface area (Å²) >= 11 is 0. The third-order valence-corrected chi connectivity index (χ3v) is 3.80. The zero-order chi connectivity index (χ0) is 13.1. The topological polar surface area (TPSA) is 40.5 Å². The highest BCUT2D eigenvalue weighted by Crippen LogP contribution is 2.36. The van der Waals surface area contributed by atoms with E-state index in [4.69, 9.17) is 5.11 Å². The van der Waals surface area contributed by atoms with E-state index in [2.05, 4.69) is 25.8 Å². The first-order chi connectivity index (χ1) is 7.80. The first kappa shape index (κ1) is 14.2. The van der Waals surface area contributed by atoms with Crippen LogP contribution in [0, 0.1) is 5.41 Å². The Hall–Kier alpha value is -0.830. The number of carbonyl (C=O) groups is 1. The van der Waals surface area contributed by atoms with Gasteiger partial charge in [0.25, 0.3) is 0 Å². The summed E-state index contributed by atoms with van der Waals surface area (Å²) in [4.78, 5) is 12.9. The van der Waals surface area contributed by atoms with Gasteiger partial charge in [0.1, 0.15) is 0 Å². The number of rotatable bonds is 4. The molecule has 1 N–H and O–H groups in total. The third kappa shape index (κ3) is 4.90. The zero-order valence-corrected chi connectivity index (χ0v) is 11.5. The third-order valence-electron chi connectivity index (χ3n) is 3.80. The molecule has 0 atom stereocenters. The fraction of sp³-hybridized carbons (Fsp3) is 0.786. The van der Waals surface area contributed by atoms with E-state index in [0.29, 0.717) is 11.5 Å². The van der Waals surface area contributed by atoms with Crippen molar-refractivity contribution >= 4 is 5.97 Å². The molecule has 0 aromatic carbocycles. The van der Waals surface area contributed by atoms with Crippen LogP contribution in [-0.2, 0) is 4.79 Å². The SMILES string of the molecule is CC(=CC(=O)O)CN(C)C1CCC(C)(C)CC1. The van der Waals surface area contributed by atoms with Crippen LogP contribution in [0.25, 0.3) is 0 Å². The maximum absolute atomic E-state index is 10.6. The number of carboxylic acids is 1. The second-order valence-electron chi connectivity index (χ2n) is 6.14. The van der Waals surface area contributed by atoms with E-state index in [1.165, 1.54) is 31.8 Å². The van der Waals surface area contributed by atoms with Crippen LogP contribution in [0.2, 0.25) is 0 Å². The average Bonchev–Trinajstić information content (AvgIpc) is 2.15. The van der Waals surface area contributed by atoms with Crippen molar-refractivity contribution in [2.45, 2.75) is 52.5 Å². The molecule has 0 spiro atoms. The minimum atomic E-state index is -0.847. The monoisotopic (exact) mass is 239 g/mol. The summed E-state index contributed by atoms with van der Waals surface area (Å²) in [6.45, 7) is 7.31. The lowest BCUT2D eigenvalue weighted by Crippen LogP contribution is -2.38. The van der Waals surface area contributed by atoms with E-state index >= 15 is 0 Å². The minimum absolute atomic E-state index is 0.489. The number of nitrogens with zero attached hydrogens (tertiary/aromatic N) is 1. The van der Waals surface area contributed by atoms with Crippen LogP contribution < -0.4 is 0 Å². The standard InChI is InChI=1S/C14H25NO2/c1-11(9-13(16)17)10-15(4)12-5-7-14(2,3)8-6-12/h9,12H,5-8,10H2,1-4H3,(H,16,17). The van der Waals surface area contributed by atoms with Crippen molar-refractivity contribution < 1.29 is 9.90 Å². The van der Waals surface area contributed by atoms with Crippen LogP contribution in [0.1, 0.15) is 46.5 Å². The summed E-state index contributed by atoms with van der Waals surface area (Å²) < 4.78 is 0. The molecule has 0 unspecified atom stereocenters. The Kier molecular flexibility index (Phi) is 4.75. The van der Waals surface area contributed by atoms with Crippen LogP contribution in [0.3, 0.4) is 0 Å². The molecule has 1 rings (SSSR count). The van der Waals surface area contributed by atoms with Crippen molar-refractivity contribution in [2.24, 2.45) is 5.41 Å². The first-order valence-corrected chi connectivity index (χ1v) is 6.40. The molecule has 1 saturated carbocycles. The lowest BCUT2D eigenvalue weighted by atomic mass is 9.75. The second-order valence-corrected chi connectivity index (χ2v) is 6.14. The Morgan fingerprint density at radius 3 is 2.41 bits per heavy atom. The normalized spacial score (nSPS) is 21.8. The number of hydrogen-bond donors (Lipinski definition) is 1. The second kappa shape index (κ2) is 5.67. The summed E-state index contributed by atoms with van der Waals surface area (Å²) in [6, 6.07) is 0.611. The average molecular weight is 239 g/mol. The van der Waals surface area contributed by atoms with Gasteiger partial charge in [-0.05, 0) is 45.1 Å². The van der Waals surface area contributed by atoms with Gasteiger partial charge < -0.3 is 5.11 Å². The van der Waals surface area contributed by atoms with Gasteiger partial charge in [0.2, 0.25) is 0 Å². The molecule has 0 bridgehead atoms. The number of carboxylic acid groups (broad SMARTS) is 1. The molecule has 0 radical (unpaired) electrons. The van der Waals surface area contributed by atoms with Gasteiger partial charge in [-0.2, -0.15) is 0 Å². The highest BCUT2D eigenvalue weighted by molar-refractivity contribution is 5.80. The van der Waals surface area contributed by atoms with Gasteiger partial charge in [-0.3, -0.25) is 4.90 Å². The zero-order valence-electron chi connectivity index (χ0n) is 11.5. The Bertz CT molecular complexity index is 297. The largest absolute Gasteiger partial charge is 0.478 e. The lowest BCUT2D eigenvalue weighted by molar-refractivity contribution is -0.131. The van der Waals surface area contributed by atoms with Crippen LogP contribution in [-0.4, -0.2) is 35.6 Å². The molecule has 0 aromatic heterocycles. The first-order valence-electron chi connectivity index (χ1n) is 6.40. The van der Waals surface area contributed by atoms with Gasteiger partial charge in [0.15, 0.2) is 0 Å². The van der Waals surface area contributed by atoms with E-state index in [1.54, 1.807) is 0 Å². The predicted molar refractivity (Wildman–Crippen MR) is 70.1 cm³/mol. The molecule has 1 aliphatic rings. The van der Waals surface area contributed by atoms with Crippen molar-refractivity contribution in [1.29, 1.82) is 0 Å². The molecule has 0 aromatic rings. The van der Waals surface area contributed by atoms with Crippen LogP contribution in [0.5, 0.6) is 0 Å². The van der Waals surface area contributed by atoms with Crippen LogP contribution in [0.4, 0.5) is 0 Å². The Balaban J connectivity index is 2.44. The quantitative estimate of drug-likeness (QED) is 0.767. The summed E-state index contributed by atoms with van der Waals surface area (Å²) in [6.07, 6.45) is 6.30. The summed E-state index contributed by atoms with van der Waals surface area (Å²) in [5, 5.41) is 8.68. The van der Waals surface area contributed by atoms with Crippen molar-refractivity contribution in [3.8, 4) is 0 Å². The Labute approximate surface area is 105 Å². The molecule has 1 fully saturated rings. The molecule has 3 heteroatoms. The highest BCUT2D eigenvalue weighted by atomic mass is 16.4. The highest BCUT2D eigenvalue weighted by Gasteiger charge is 2.28. The van der Waals surface area contributed by atoms with Crippen molar-refractivity contribution in [2.75, 3.05) is 13.6 Å². The van der Waals surface area contributed by atoms with Crippen molar-refractivity contribution in [1.82, 2.24) is 4.90 Å². The van der Waals surface area contributed by atoms with Gasteiger partial charge >= 0.3 is 5.97 Å². The van der Waals surface area contributed by atoms with Gasteiger partial charge in [-0.25, -0.2) is 4.79 Å². The predicted octanol–water partition coefficient (Wildman–Crippen LogP) is 2.92. The van der Waals surface area contributed by atoms with E-state index in [1.807, 2.05) is 6.92 Å². The fourth-order valence-corrected chi connectivity index (χ4v) is 2.60. The smallest absolute Gasteiger partial charge is 0.328 e. The lowest BCUT2D eigenvalue weighted by Gasteiger charge is -2.38. The van der Waals surface area contributed by atoms with Gasteiger partial charge in [-0.1, -0.05) is 19.4 Å². The molecule has 3 nitrogen and oxygen atoms in total. The van der Waals surface area contributed by atoms with E-state index < -0.39 is 5.97 Å². The van der Waals surface area contributed by atoms with Crippen molar-refractivity contribution in [3.63, 3.8) is 0 Å². The summed E-state index contributed by atoms with van der Waals surface area (Å²) in [7, 11) is 2.10. The molecule has 17 heavy (non-hydrogen) atoms. The summed E-state index contributed by atoms with van der Waals surface area (Å²) in [5.41, 5.74) is 1.41. The summed E-state index contributed by atoms with van der Waals surface area (Å²) in [5.74, 6) is -0.847. The van der Waals surface area contributed by atoms with Crippen LogP contribution in [0.15, 0.2) is 11.6 Å². The van der Waals surface area contributed by atoms with E-state index in [-0.39, 0.29) is 0 Å². The molecule has 98 valence electrons. The maximum Gasteiger partial charge on any atom is 0.328 e. The Morgan fingerprint density at radius 2 is 1.94 bits per heavy atom. The molecular formula is C14H25NO2. The molecule has 0 aliphatic heterocycles. The molecule has 0 saturated heterocycles. The number of hydrogen-bond acceptors (Lipinski definition) is 2. The molecular weight excluding hydrogens is 214 g/mol. The van der Waals surface area contributed by atoms with Crippen LogP contribution >= 0.6 is 0 Å². The van der Waals surface area contributed by atoms with Gasteiger partial charge in [-0.15, -0.1) is 0 Å². The number of likely N-dealkylation sites (N-methyl/N-ethyl adjacent to an activating group) is 1. The minimum Gasteiger partial charge on any atom is -0.478 e.